The standard InChI is InChI=1S/C36H49N7O9/c1-20(4-11-31(46)50-17-16-38-42-37)24-7-8-25-23-6-5-21-18-22(12-14-35(21,2)26(23)13-15-36(24,25)3)51-34(47)28(19-30(44)45)39-27-9-10-29(43(48)49)33-32(27)40-52-41-33/h9-10,20-26,28,39H,4-8,11-19H2,1-3H3,(H,44,45)/t20-,21-,22-,23+,24-,25+,26+,28+,35+,36-/m1/s1. The van der Waals surface area contributed by atoms with E-state index in [1.165, 1.54) is 37.8 Å². The monoisotopic (exact) mass is 723 g/mol. The summed E-state index contributed by atoms with van der Waals surface area (Å²) in [5.41, 5.74) is 8.57. The number of ether oxygens (including phenoxy) is 2. The number of carbonyl (C=O) groups excluding carboxylic acids is 2. The number of anilines is 1. The highest BCUT2D eigenvalue weighted by atomic mass is 16.6. The average Bonchev–Trinajstić information content (AvgIpc) is 3.74. The fourth-order valence-corrected chi connectivity index (χ4v) is 11.1. The minimum absolute atomic E-state index is 0.0225. The van der Waals surface area contributed by atoms with Crippen LogP contribution in [-0.2, 0) is 23.9 Å². The molecule has 2 N–H and O–H groups in total. The maximum atomic E-state index is 13.5. The van der Waals surface area contributed by atoms with Crippen LogP contribution in [0.15, 0.2) is 21.9 Å². The number of rotatable bonds is 14. The van der Waals surface area contributed by atoms with E-state index in [9.17, 15) is 29.6 Å². The lowest BCUT2D eigenvalue weighted by Gasteiger charge is -2.61. The molecule has 0 bridgehead atoms. The van der Waals surface area contributed by atoms with Crippen LogP contribution in [-0.4, -0.2) is 63.5 Å². The van der Waals surface area contributed by atoms with Crippen LogP contribution in [0.3, 0.4) is 0 Å². The predicted octanol–water partition coefficient (Wildman–Crippen LogP) is 7.23. The van der Waals surface area contributed by atoms with Crippen molar-refractivity contribution in [1.82, 2.24) is 10.3 Å². The highest BCUT2D eigenvalue weighted by Gasteiger charge is 2.60. The number of carboxylic acids is 1. The van der Waals surface area contributed by atoms with Crippen LogP contribution in [0.5, 0.6) is 0 Å². The third-order valence-electron chi connectivity index (χ3n) is 13.6. The highest BCUT2D eigenvalue weighted by Crippen LogP contribution is 2.68. The average molecular weight is 724 g/mol. The van der Waals surface area contributed by atoms with Crippen molar-refractivity contribution in [2.45, 2.75) is 110 Å². The first kappa shape index (κ1) is 37.3. The molecule has 10 atom stereocenters. The van der Waals surface area contributed by atoms with E-state index in [0.29, 0.717) is 48.3 Å². The van der Waals surface area contributed by atoms with Crippen molar-refractivity contribution >= 4 is 40.3 Å². The van der Waals surface area contributed by atoms with Crippen molar-refractivity contribution in [3.8, 4) is 0 Å². The summed E-state index contributed by atoms with van der Waals surface area (Å²) in [4.78, 5) is 51.1. The largest absolute Gasteiger partial charge is 0.481 e. The van der Waals surface area contributed by atoms with Crippen LogP contribution in [0, 0.1) is 56.5 Å². The number of fused-ring (bicyclic) bond motifs is 6. The van der Waals surface area contributed by atoms with Gasteiger partial charge in [-0.15, -0.1) is 0 Å². The molecular formula is C36H49N7O9. The van der Waals surface area contributed by atoms with Gasteiger partial charge in [0.15, 0.2) is 5.52 Å². The van der Waals surface area contributed by atoms with Gasteiger partial charge in [-0.25, -0.2) is 9.42 Å². The normalized spacial score (nSPS) is 31.9. The summed E-state index contributed by atoms with van der Waals surface area (Å²) in [5, 5.41) is 34.7. The Bertz CT molecular complexity index is 1730. The van der Waals surface area contributed by atoms with Crippen molar-refractivity contribution < 1.29 is 38.5 Å². The molecule has 0 aliphatic heterocycles. The summed E-state index contributed by atoms with van der Waals surface area (Å²) in [6.45, 7) is 7.49. The number of carbonyl (C=O) groups is 3. The number of azide groups is 1. The molecule has 1 heterocycles. The first-order valence-corrected chi connectivity index (χ1v) is 18.6. The van der Waals surface area contributed by atoms with Gasteiger partial charge in [-0.2, -0.15) is 0 Å². The summed E-state index contributed by atoms with van der Waals surface area (Å²) in [6.07, 6.45) is 9.62. The van der Waals surface area contributed by atoms with Crippen molar-refractivity contribution in [3.05, 3.63) is 32.7 Å². The molecule has 0 radical (unpaired) electrons. The van der Waals surface area contributed by atoms with Crippen molar-refractivity contribution in [3.63, 3.8) is 0 Å². The van der Waals surface area contributed by atoms with Crippen LogP contribution in [0.2, 0.25) is 0 Å². The molecule has 0 unspecified atom stereocenters. The number of hydrogen-bond donors (Lipinski definition) is 2. The maximum Gasteiger partial charge on any atom is 0.329 e. The fourth-order valence-electron chi connectivity index (χ4n) is 11.1. The van der Waals surface area contributed by atoms with E-state index in [1.54, 1.807) is 0 Å². The summed E-state index contributed by atoms with van der Waals surface area (Å²) in [5.74, 6) is 1.14. The number of benzene rings is 1. The van der Waals surface area contributed by atoms with Gasteiger partial charge in [0.1, 0.15) is 12.1 Å². The summed E-state index contributed by atoms with van der Waals surface area (Å²) < 4.78 is 16.0. The molecule has 0 spiro atoms. The minimum atomic E-state index is -1.24. The van der Waals surface area contributed by atoms with Gasteiger partial charge in [-0.3, -0.25) is 19.7 Å². The number of nitro groups is 1. The van der Waals surface area contributed by atoms with E-state index < -0.39 is 29.3 Å². The van der Waals surface area contributed by atoms with Gasteiger partial charge in [0.2, 0.25) is 5.52 Å². The lowest BCUT2D eigenvalue weighted by molar-refractivity contribution is -0.383. The zero-order valence-electron chi connectivity index (χ0n) is 30.1. The third-order valence-corrected chi connectivity index (χ3v) is 13.6. The van der Waals surface area contributed by atoms with E-state index in [0.717, 1.165) is 32.1 Å². The number of nitro benzene ring substituents is 1. The van der Waals surface area contributed by atoms with E-state index in [-0.39, 0.29) is 58.5 Å². The van der Waals surface area contributed by atoms with Gasteiger partial charge in [-0.05, 0) is 132 Å². The molecule has 0 amide bonds. The van der Waals surface area contributed by atoms with Crippen LogP contribution in [0.4, 0.5) is 11.4 Å². The third kappa shape index (κ3) is 7.26. The van der Waals surface area contributed by atoms with Gasteiger partial charge >= 0.3 is 23.6 Å². The SMILES string of the molecule is C[C@H](CCC(=O)OCCN=[N+]=[N-])[C@H]1CC[C@H]2[C@@H]3CC[C@@H]4C[C@H](OC(=O)[C@H](CC(=O)O)Nc5ccc([N+](=O)[O-])c6nonc56)CC[C@]4(C)[C@H]3CC[C@]12C. The van der Waals surface area contributed by atoms with Gasteiger partial charge < -0.3 is 19.9 Å². The van der Waals surface area contributed by atoms with Crippen LogP contribution in [0.25, 0.3) is 21.5 Å². The molecule has 4 fully saturated rings. The lowest BCUT2D eigenvalue weighted by atomic mass is 9.44. The maximum absolute atomic E-state index is 13.5. The predicted molar refractivity (Wildman–Crippen MR) is 187 cm³/mol. The number of aliphatic carboxylic acids is 1. The fraction of sp³-hybridized carbons (Fsp3) is 0.750. The number of aromatic nitrogens is 2. The molecule has 52 heavy (non-hydrogen) atoms. The zero-order valence-corrected chi connectivity index (χ0v) is 30.1. The van der Waals surface area contributed by atoms with Crippen molar-refractivity contribution in [2.24, 2.45) is 51.5 Å². The summed E-state index contributed by atoms with van der Waals surface area (Å²) in [6, 6.07) is 1.31. The first-order chi connectivity index (χ1) is 24.9. The van der Waals surface area contributed by atoms with Crippen molar-refractivity contribution in [2.75, 3.05) is 18.5 Å². The van der Waals surface area contributed by atoms with Crippen LogP contribution in [0.1, 0.15) is 97.8 Å². The van der Waals surface area contributed by atoms with Crippen LogP contribution < -0.4 is 5.32 Å². The first-order valence-electron chi connectivity index (χ1n) is 18.6. The summed E-state index contributed by atoms with van der Waals surface area (Å²) in [7, 11) is 0. The van der Waals surface area contributed by atoms with Gasteiger partial charge in [0.25, 0.3) is 0 Å². The highest BCUT2D eigenvalue weighted by molar-refractivity contribution is 5.95. The molecule has 1 aromatic carbocycles. The molecule has 2 aromatic rings. The quantitative estimate of drug-likeness (QED) is 0.0374. The number of carboxylic acid groups (broad SMARTS) is 1. The number of esters is 2. The molecule has 6 rings (SSSR count). The smallest absolute Gasteiger partial charge is 0.329 e. The second-order valence-electron chi connectivity index (χ2n) is 16.1. The molecule has 1 aromatic heterocycles. The molecule has 4 aliphatic carbocycles. The van der Waals surface area contributed by atoms with Gasteiger partial charge in [-0.1, -0.05) is 25.9 Å². The number of hydrogen-bond acceptors (Lipinski definition) is 12. The van der Waals surface area contributed by atoms with E-state index in [4.69, 9.17) is 19.6 Å². The Morgan fingerprint density at radius 1 is 1.12 bits per heavy atom. The molecule has 0 saturated heterocycles. The Morgan fingerprint density at radius 2 is 1.87 bits per heavy atom. The second kappa shape index (κ2) is 15.3. The van der Waals surface area contributed by atoms with E-state index in [2.05, 4.69) is 46.4 Å². The molecule has 4 aliphatic rings. The Morgan fingerprint density at radius 3 is 2.62 bits per heavy atom. The van der Waals surface area contributed by atoms with Gasteiger partial charge in [0, 0.05) is 17.4 Å². The Hall–Kier alpha value is -4.46. The Kier molecular flexibility index (Phi) is 10.9. The topological polar surface area (TPSA) is 233 Å². The molecule has 4 saturated carbocycles. The number of non-ortho nitro benzene ring substituents is 1. The second-order valence-corrected chi connectivity index (χ2v) is 16.1. The van der Waals surface area contributed by atoms with Crippen LogP contribution >= 0.6 is 0 Å². The molecular weight excluding hydrogens is 674 g/mol. The Labute approximate surface area is 301 Å². The van der Waals surface area contributed by atoms with E-state index in [1.807, 2.05) is 0 Å². The van der Waals surface area contributed by atoms with Gasteiger partial charge in [0.05, 0.1) is 30.2 Å². The molecule has 16 nitrogen and oxygen atoms in total. The minimum Gasteiger partial charge on any atom is -0.481 e. The van der Waals surface area contributed by atoms with Crippen molar-refractivity contribution in [1.29, 1.82) is 0 Å². The van der Waals surface area contributed by atoms with E-state index >= 15 is 0 Å². The lowest BCUT2D eigenvalue weighted by Crippen LogP contribution is -2.54. The Balaban J connectivity index is 1.06. The number of nitrogens with one attached hydrogen (secondary N) is 1. The molecule has 16 heteroatoms. The number of nitrogens with zero attached hydrogens (tertiary/aromatic N) is 6. The summed E-state index contributed by atoms with van der Waals surface area (Å²) >= 11 is 0. The molecule has 282 valence electrons. The zero-order chi connectivity index (χ0) is 37.2.